The number of likely N-dealkylation sites (tertiary alicyclic amines) is 1. The maximum absolute atomic E-state index is 12.7. The van der Waals surface area contributed by atoms with Gasteiger partial charge in [-0.2, -0.15) is 0 Å². The number of aryl methyl sites for hydroxylation is 1. The van der Waals surface area contributed by atoms with Gasteiger partial charge in [0.15, 0.2) is 0 Å². The van der Waals surface area contributed by atoms with Crippen LogP contribution in [-0.4, -0.2) is 51.6 Å². The molecule has 7 nitrogen and oxygen atoms in total. The van der Waals surface area contributed by atoms with E-state index in [1.807, 2.05) is 0 Å². The number of fused-ring (bicyclic) bond motifs is 1. The van der Waals surface area contributed by atoms with E-state index >= 15 is 0 Å². The number of hydrogen-bond acceptors (Lipinski definition) is 4. The summed E-state index contributed by atoms with van der Waals surface area (Å²) in [7, 11) is 3.23. The van der Waals surface area contributed by atoms with Gasteiger partial charge < -0.3 is 4.57 Å². The molecule has 2 atom stereocenters. The maximum atomic E-state index is 12.7. The van der Waals surface area contributed by atoms with E-state index in [0.717, 1.165) is 9.80 Å². The molecule has 7 heteroatoms. The van der Waals surface area contributed by atoms with E-state index in [0.29, 0.717) is 16.8 Å². The lowest BCUT2D eigenvalue weighted by molar-refractivity contribution is -0.137. The molecule has 2 aromatic rings. The predicted molar refractivity (Wildman–Crippen MR) is 91.2 cm³/mol. The van der Waals surface area contributed by atoms with Gasteiger partial charge in [0.25, 0.3) is 11.8 Å². The van der Waals surface area contributed by atoms with Gasteiger partial charge in [-0.25, -0.2) is 0 Å². The summed E-state index contributed by atoms with van der Waals surface area (Å²) in [5.74, 6) is -3.05. The highest BCUT2D eigenvalue weighted by Crippen LogP contribution is 2.36. The van der Waals surface area contributed by atoms with Gasteiger partial charge in [-0.3, -0.25) is 29.0 Å². The van der Waals surface area contributed by atoms with Crippen molar-refractivity contribution in [1.29, 1.82) is 0 Å². The molecule has 0 radical (unpaired) electrons. The van der Waals surface area contributed by atoms with E-state index in [1.165, 1.54) is 7.05 Å². The standard InChI is InChI=1S/C19H17N3O4/c1-20-9-5-8-14(20)15-13(16(23)21(2)19(15)26)10-22-17(24)11-6-3-4-7-12(11)18(22)25/h3-9,13,15H,10H2,1-2H3/t13-,15+/m0/s1. The zero-order chi connectivity index (χ0) is 18.6. The van der Waals surface area contributed by atoms with Crippen molar-refractivity contribution in [2.75, 3.05) is 13.6 Å². The molecule has 1 aromatic heterocycles. The molecule has 1 aromatic carbocycles. The normalized spacial score (nSPS) is 22.5. The first-order valence-electron chi connectivity index (χ1n) is 8.29. The molecule has 1 fully saturated rings. The van der Waals surface area contributed by atoms with E-state index in [1.54, 1.807) is 54.2 Å². The van der Waals surface area contributed by atoms with Gasteiger partial charge in [0.1, 0.15) is 0 Å². The quantitative estimate of drug-likeness (QED) is 0.774. The van der Waals surface area contributed by atoms with E-state index in [2.05, 4.69) is 0 Å². The molecule has 4 amide bonds. The maximum Gasteiger partial charge on any atom is 0.261 e. The second kappa shape index (κ2) is 5.66. The Morgan fingerprint density at radius 1 is 0.846 bits per heavy atom. The second-order valence-electron chi connectivity index (χ2n) is 6.63. The van der Waals surface area contributed by atoms with Crippen molar-refractivity contribution in [2.24, 2.45) is 13.0 Å². The Kier molecular flexibility index (Phi) is 3.54. The zero-order valence-corrected chi connectivity index (χ0v) is 14.4. The highest BCUT2D eigenvalue weighted by atomic mass is 16.2. The Bertz CT molecular complexity index is 926. The molecule has 0 N–H and O–H groups in total. The molecule has 4 rings (SSSR count). The van der Waals surface area contributed by atoms with Crippen LogP contribution in [0.4, 0.5) is 0 Å². The van der Waals surface area contributed by atoms with Crippen LogP contribution in [0.2, 0.25) is 0 Å². The molecule has 0 saturated carbocycles. The average molecular weight is 351 g/mol. The van der Waals surface area contributed by atoms with Crippen LogP contribution in [-0.2, 0) is 16.6 Å². The third kappa shape index (κ3) is 2.13. The lowest BCUT2D eigenvalue weighted by Gasteiger charge is -2.21. The summed E-state index contributed by atoms with van der Waals surface area (Å²) in [6.45, 7) is -0.114. The first kappa shape index (κ1) is 16.3. The second-order valence-corrected chi connectivity index (χ2v) is 6.63. The molecule has 0 aliphatic carbocycles. The van der Waals surface area contributed by atoms with E-state index < -0.39 is 23.7 Å². The number of nitrogens with zero attached hydrogens (tertiary/aromatic N) is 3. The first-order chi connectivity index (χ1) is 12.4. The van der Waals surface area contributed by atoms with Crippen LogP contribution >= 0.6 is 0 Å². The highest BCUT2D eigenvalue weighted by Gasteiger charge is 2.50. The summed E-state index contributed by atoms with van der Waals surface area (Å²) in [5, 5.41) is 0. The summed E-state index contributed by atoms with van der Waals surface area (Å²) in [6, 6.07) is 10.2. The molecular weight excluding hydrogens is 334 g/mol. The van der Waals surface area contributed by atoms with Crippen molar-refractivity contribution >= 4 is 23.6 Å². The van der Waals surface area contributed by atoms with Gasteiger partial charge in [-0.1, -0.05) is 12.1 Å². The minimum absolute atomic E-state index is 0.114. The minimum atomic E-state index is -0.789. The number of benzene rings is 1. The monoisotopic (exact) mass is 351 g/mol. The highest BCUT2D eigenvalue weighted by molar-refractivity contribution is 6.21. The Morgan fingerprint density at radius 3 is 2.00 bits per heavy atom. The van der Waals surface area contributed by atoms with Crippen molar-refractivity contribution in [2.45, 2.75) is 5.92 Å². The minimum Gasteiger partial charge on any atom is -0.354 e. The van der Waals surface area contributed by atoms with E-state index in [9.17, 15) is 19.2 Å². The van der Waals surface area contributed by atoms with Gasteiger partial charge in [0.2, 0.25) is 11.8 Å². The van der Waals surface area contributed by atoms with E-state index in [-0.39, 0.29) is 18.4 Å². The predicted octanol–water partition coefficient (Wildman–Crippen LogP) is 1.02. The SMILES string of the molecule is CN1C(=O)[C@@H](CN2C(=O)c3ccccc3C2=O)[C@H](c2cccn2C)C1=O. The number of imide groups is 2. The summed E-state index contributed by atoms with van der Waals surface area (Å²) in [6.07, 6.45) is 1.80. The average Bonchev–Trinajstić information content (AvgIpc) is 3.22. The molecule has 26 heavy (non-hydrogen) atoms. The van der Waals surface area contributed by atoms with Crippen molar-refractivity contribution in [3.05, 3.63) is 59.4 Å². The molecule has 0 bridgehead atoms. The molecule has 0 spiro atoms. The molecule has 2 aliphatic rings. The van der Waals surface area contributed by atoms with Crippen LogP contribution in [0, 0.1) is 5.92 Å². The van der Waals surface area contributed by atoms with Crippen molar-refractivity contribution < 1.29 is 19.2 Å². The number of carbonyl (C=O) groups is 4. The molecular formula is C19H17N3O4. The molecule has 1 saturated heterocycles. The Labute approximate surface area is 149 Å². The van der Waals surface area contributed by atoms with Crippen LogP contribution in [0.3, 0.4) is 0 Å². The van der Waals surface area contributed by atoms with Crippen LogP contribution in [0.25, 0.3) is 0 Å². The smallest absolute Gasteiger partial charge is 0.261 e. The number of carbonyl (C=O) groups excluding carboxylic acids is 4. The molecule has 132 valence electrons. The van der Waals surface area contributed by atoms with Crippen LogP contribution in [0.1, 0.15) is 32.3 Å². The lowest BCUT2D eigenvalue weighted by Crippen LogP contribution is -2.38. The number of aromatic nitrogens is 1. The fourth-order valence-corrected chi connectivity index (χ4v) is 3.80. The van der Waals surface area contributed by atoms with Gasteiger partial charge in [-0.15, -0.1) is 0 Å². The first-order valence-corrected chi connectivity index (χ1v) is 8.29. The fraction of sp³-hybridized carbons (Fsp3) is 0.263. The van der Waals surface area contributed by atoms with Crippen molar-refractivity contribution in [3.63, 3.8) is 0 Å². The number of amides is 4. The van der Waals surface area contributed by atoms with Crippen molar-refractivity contribution in [1.82, 2.24) is 14.4 Å². The van der Waals surface area contributed by atoms with Gasteiger partial charge in [0.05, 0.1) is 23.0 Å². The third-order valence-corrected chi connectivity index (χ3v) is 5.21. The van der Waals surface area contributed by atoms with Gasteiger partial charge in [0, 0.05) is 32.5 Å². The third-order valence-electron chi connectivity index (χ3n) is 5.21. The van der Waals surface area contributed by atoms with Crippen LogP contribution < -0.4 is 0 Å². The number of hydrogen-bond donors (Lipinski definition) is 0. The fourth-order valence-electron chi connectivity index (χ4n) is 3.80. The Morgan fingerprint density at radius 2 is 1.46 bits per heavy atom. The summed E-state index contributed by atoms with van der Waals surface area (Å²) in [4.78, 5) is 52.7. The summed E-state index contributed by atoms with van der Waals surface area (Å²) < 4.78 is 1.78. The zero-order valence-electron chi connectivity index (χ0n) is 14.4. The number of rotatable bonds is 3. The Balaban J connectivity index is 1.70. The summed E-state index contributed by atoms with van der Waals surface area (Å²) >= 11 is 0. The topological polar surface area (TPSA) is 79.7 Å². The van der Waals surface area contributed by atoms with Gasteiger partial charge in [-0.05, 0) is 24.3 Å². The van der Waals surface area contributed by atoms with Crippen LogP contribution in [0.15, 0.2) is 42.6 Å². The molecule has 2 aliphatic heterocycles. The summed E-state index contributed by atoms with van der Waals surface area (Å²) in [5.41, 5.74) is 1.35. The van der Waals surface area contributed by atoms with Crippen molar-refractivity contribution in [3.8, 4) is 0 Å². The van der Waals surface area contributed by atoms with Crippen LogP contribution in [0.5, 0.6) is 0 Å². The van der Waals surface area contributed by atoms with Gasteiger partial charge >= 0.3 is 0 Å². The molecule has 3 heterocycles. The largest absolute Gasteiger partial charge is 0.354 e. The molecule has 0 unspecified atom stereocenters. The Hall–Kier alpha value is -3.22. The number of likely N-dealkylation sites (N-methyl/N-ethyl adjacent to an activating group) is 1. The lowest BCUT2D eigenvalue weighted by atomic mass is 9.91. The van der Waals surface area contributed by atoms with E-state index in [4.69, 9.17) is 0 Å².